The van der Waals surface area contributed by atoms with Crippen LogP contribution in [0.1, 0.15) is 21.1 Å². The zero-order valence-electron chi connectivity index (χ0n) is 13.4. The van der Waals surface area contributed by atoms with E-state index in [2.05, 4.69) is 15.4 Å². The molecule has 0 atom stereocenters. The Morgan fingerprint density at radius 2 is 2.12 bits per heavy atom. The van der Waals surface area contributed by atoms with E-state index in [1.807, 2.05) is 13.8 Å². The van der Waals surface area contributed by atoms with Crippen LogP contribution in [-0.4, -0.2) is 20.7 Å². The molecule has 0 fully saturated rings. The summed E-state index contributed by atoms with van der Waals surface area (Å²) in [6.07, 6.45) is 1.52. The van der Waals surface area contributed by atoms with Crippen molar-refractivity contribution in [3.8, 4) is 5.75 Å². The molecule has 0 bridgehead atoms. The molecule has 1 amide bonds. The fourth-order valence-corrected chi connectivity index (χ4v) is 2.78. The SMILES string of the molecule is Cc1nc(NC(=O)c2ccn(COc3ccc(F)cc3F)n2)sc1C. The first-order chi connectivity index (χ1) is 11.9. The van der Waals surface area contributed by atoms with Gasteiger partial charge in [-0.1, -0.05) is 0 Å². The number of amides is 1. The van der Waals surface area contributed by atoms with Crippen LogP contribution < -0.4 is 10.1 Å². The first-order valence-corrected chi connectivity index (χ1v) is 8.10. The molecule has 0 aliphatic carbocycles. The largest absolute Gasteiger partial charge is 0.468 e. The van der Waals surface area contributed by atoms with Gasteiger partial charge in [0.1, 0.15) is 5.82 Å². The summed E-state index contributed by atoms with van der Waals surface area (Å²) in [5.74, 6) is -1.99. The van der Waals surface area contributed by atoms with Crippen LogP contribution in [0.4, 0.5) is 13.9 Å². The molecule has 0 radical (unpaired) electrons. The Labute approximate surface area is 146 Å². The molecule has 0 saturated carbocycles. The number of aromatic nitrogens is 3. The first kappa shape index (κ1) is 17.0. The smallest absolute Gasteiger partial charge is 0.277 e. The van der Waals surface area contributed by atoms with Crippen LogP contribution in [0, 0.1) is 25.5 Å². The van der Waals surface area contributed by atoms with Gasteiger partial charge in [0.15, 0.2) is 29.1 Å². The Morgan fingerprint density at radius 1 is 1.32 bits per heavy atom. The summed E-state index contributed by atoms with van der Waals surface area (Å²) in [6.45, 7) is 3.66. The molecule has 3 rings (SSSR count). The highest BCUT2D eigenvalue weighted by Gasteiger charge is 2.13. The molecule has 130 valence electrons. The van der Waals surface area contributed by atoms with E-state index in [1.54, 1.807) is 0 Å². The third kappa shape index (κ3) is 4.00. The van der Waals surface area contributed by atoms with Crippen molar-refractivity contribution < 1.29 is 18.3 Å². The quantitative estimate of drug-likeness (QED) is 0.752. The Balaban J connectivity index is 1.62. The van der Waals surface area contributed by atoms with Crippen molar-refractivity contribution >= 4 is 22.4 Å². The minimum atomic E-state index is -0.806. The Morgan fingerprint density at radius 3 is 2.80 bits per heavy atom. The van der Waals surface area contributed by atoms with Gasteiger partial charge in [0.05, 0.1) is 5.69 Å². The number of benzene rings is 1. The third-order valence-electron chi connectivity index (χ3n) is 3.37. The average molecular weight is 364 g/mol. The van der Waals surface area contributed by atoms with E-state index >= 15 is 0 Å². The summed E-state index contributed by atoms with van der Waals surface area (Å²) in [7, 11) is 0. The lowest BCUT2D eigenvalue weighted by atomic mass is 10.3. The number of halogens is 2. The molecule has 3 aromatic rings. The van der Waals surface area contributed by atoms with Gasteiger partial charge in [-0.05, 0) is 32.0 Å². The summed E-state index contributed by atoms with van der Waals surface area (Å²) >= 11 is 1.38. The van der Waals surface area contributed by atoms with Crippen molar-refractivity contribution in [1.82, 2.24) is 14.8 Å². The van der Waals surface area contributed by atoms with Gasteiger partial charge in [-0.25, -0.2) is 18.4 Å². The topological polar surface area (TPSA) is 69.0 Å². The van der Waals surface area contributed by atoms with Crippen LogP contribution in [0.5, 0.6) is 5.75 Å². The van der Waals surface area contributed by atoms with Crippen molar-refractivity contribution in [2.45, 2.75) is 20.6 Å². The van der Waals surface area contributed by atoms with E-state index < -0.39 is 17.5 Å². The fourth-order valence-electron chi connectivity index (χ4n) is 1.97. The highest BCUT2D eigenvalue weighted by atomic mass is 32.1. The maximum atomic E-state index is 13.5. The van der Waals surface area contributed by atoms with Gasteiger partial charge in [0.2, 0.25) is 0 Å². The monoisotopic (exact) mass is 364 g/mol. The highest BCUT2D eigenvalue weighted by Crippen LogP contribution is 2.21. The molecule has 2 heterocycles. The maximum Gasteiger partial charge on any atom is 0.277 e. The Hall–Kier alpha value is -2.81. The number of nitrogens with zero attached hydrogens (tertiary/aromatic N) is 3. The number of carbonyl (C=O) groups excluding carboxylic acids is 1. The number of aryl methyl sites for hydroxylation is 2. The van der Waals surface area contributed by atoms with E-state index in [0.29, 0.717) is 5.13 Å². The van der Waals surface area contributed by atoms with Gasteiger partial charge in [-0.2, -0.15) is 5.10 Å². The molecule has 0 aliphatic heterocycles. The van der Waals surface area contributed by atoms with E-state index in [4.69, 9.17) is 4.74 Å². The number of thiazole rings is 1. The molecular formula is C16H14F2N4O2S. The number of nitrogens with one attached hydrogen (secondary N) is 1. The predicted molar refractivity (Wildman–Crippen MR) is 88.8 cm³/mol. The van der Waals surface area contributed by atoms with Gasteiger partial charge in [-0.3, -0.25) is 10.1 Å². The first-order valence-electron chi connectivity index (χ1n) is 7.29. The van der Waals surface area contributed by atoms with Crippen molar-refractivity contribution in [3.63, 3.8) is 0 Å². The molecule has 0 aliphatic rings. The number of anilines is 1. The third-order valence-corrected chi connectivity index (χ3v) is 4.36. The van der Waals surface area contributed by atoms with Gasteiger partial charge >= 0.3 is 0 Å². The Kier molecular flexibility index (Phi) is 4.75. The zero-order chi connectivity index (χ0) is 18.0. The molecule has 1 aromatic carbocycles. The second kappa shape index (κ2) is 6.98. The van der Waals surface area contributed by atoms with E-state index in [-0.39, 0.29) is 18.2 Å². The molecule has 9 heteroatoms. The van der Waals surface area contributed by atoms with Crippen molar-refractivity contribution in [2.24, 2.45) is 0 Å². The standard InChI is InChI=1S/C16H14F2N4O2S/c1-9-10(2)25-16(19-9)20-15(23)13-5-6-22(21-13)8-24-14-4-3-11(17)7-12(14)18/h3-7H,8H2,1-2H3,(H,19,20,23). The molecular weight excluding hydrogens is 350 g/mol. The van der Waals surface area contributed by atoms with Gasteiger partial charge in [-0.15, -0.1) is 11.3 Å². The van der Waals surface area contributed by atoms with Crippen molar-refractivity contribution in [2.75, 3.05) is 5.32 Å². The number of carbonyl (C=O) groups is 1. The summed E-state index contributed by atoms with van der Waals surface area (Å²) in [5, 5.41) is 7.23. The van der Waals surface area contributed by atoms with Gasteiger partial charge in [0.25, 0.3) is 5.91 Å². The summed E-state index contributed by atoms with van der Waals surface area (Å²) < 4.78 is 32.9. The molecule has 1 N–H and O–H groups in total. The molecule has 0 saturated heterocycles. The molecule has 25 heavy (non-hydrogen) atoms. The van der Waals surface area contributed by atoms with Crippen LogP contribution in [-0.2, 0) is 6.73 Å². The number of ether oxygens (including phenoxy) is 1. The predicted octanol–water partition coefficient (Wildman–Crippen LogP) is 3.52. The number of hydrogen-bond donors (Lipinski definition) is 1. The Bertz CT molecular complexity index is 903. The number of hydrogen-bond acceptors (Lipinski definition) is 5. The van der Waals surface area contributed by atoms with Crippen LogP contribution in [0.2, 0.25) is 0 Å². The van der Waals surface area contributed by atoms with E-state index in [1.165, 1.54) is 34.3 Å². The van der Waals surface area contributed by atoms with E-state index in [9.17, 15) is 13.6 Å². The van der Waals surface area contributed by atoms with Crippen molar-refractivity contribution in [3.05, 3.63) is 58.4 Å². The summed E-state index contributed by atoms with van der Waals surface area (Å²) in [5.41, 5.74) is 1.04. The second-order valence-electron chi connectivity index (χ2n) is 5.20. The van der Waals surface area contributed by atoms with Gasteiger partial charge < -0.3 is 4.74 Å². The van der Waals surface area contributed by atoms with Crippen LogP contribution >= 0.6 is 11.3 Å². The lowest BCUT2D eigenvalue weighted by Gasteiger charge is -2.07. The molecule has 0 spiro atoms. The minimum Gasteiger partial charge on any atom is -0.468 e. The lowest BCUT2D eigenvalue weighted by Crippen LogP contribution is -2.14. The minimum absolute atomic E-state index is 0.100. The normalized spacial score (nSPS) is 10.7. The highest BCUT2D eigenvalue weighted by molar-refractivity contribution is 7.15. The zero-order valence-corrected chi connectivity index (χ0v) is 14.2. The van der Waals surface area contributed by atoms with Crippen LogP contribution in [0.3, 0.4) is 0 Å². The molecule has 6 nitrogen and oxygen atoms in total. The summed E-state index contributed by atoms with van der Waals surface area (Å²) in [4.78, 5) is 17.4. The van der Waals surface area contributed by atoms with Crippen molar-refractivity contribution in [1.29, 1.82) is 0 Å². The molecule has 0 unspecified atom stereocenters. The maximum absolute atomic E-state index is 13.5. The summed E-state index contributed by atoms with van der Waals surface area (Å²) in [6, 6.07) is 4.52. The second-order valence-corrected chi connectivity index (χ2v) is 6.41. The average Bonchev–Trinajstić information content (AvgIpc) is 3.14. The molecule has 2 aromatic heterocycles. The fraction of sp³-hybridized carbons (Fsp3) is 0.188. The van der Waals surface area contributed by atoms with Gasteiger partial charge in [0, 0.05) is 17.1 Å². The number of rotatable bonds is 5. The van der Waals surface area contributed by atoms with Crippen LogP contribution in [0.25, 0.3) is 0 Å². The van der Waals surface area contributed by atoms with E-state index in [0.717, 1.165) is 22.7 Å². The lowest BCUT2D eigenvalue weighted by molar-refractivity contribution is 0.102. The van der Waals surface area contributed by atoms with Crippen LogP contribution in [0.15, 0.2) is 30.5 Å².